The van der Waals surface area contributed by atoms with E-state index in [0.29, 0.717) is 17.7 Å². The van der Waals surface area contributed by atoms with Crippen molar-refractivity contribution in [1.29, 1.82) is 0 Å². The molecule has 2 N–H and O–H groups in total. The fraction of sp³-hybridized carbons (Fsp3) is 0.200. The van der Waals surface area contributed by atoms with Crippen molar-refractivity contribution in [2.24, 2.45) is 0 Å². The maximum absolute atomic E-state index is 12.6. The van der Waals surface area contributed by atoms with Crippen LogP contribution in [-0.4, -0.2) is 16.6 Å². The Labute approximate surface area is 93.8 Å². The molecule has 1 heterocycles. The van der Waals surface area contributed by atoms with E-state index >= 15 is 0 Å². The summed E-state index contributed by atoms with van der Waals surface area (Å²) in [6, 6.07) is 2.79. The molecule has 2 aromatic rings. The Kier molecular flexibility index (Phi) is 2.53. The lowest BCUT2D eigenvalue weighted by atomic mass is 10.1. The van der Waals surface area contributed by atoms with E-state index in [1.54, 1.807) is 13.0 Å². The Morgan fingerprint density at radius 3 is 2.71 bits per heavy atom. The van der Waals surface area contributed by atoms with E-state index in [4.69, 9.17) is 0 Å². The van der Waals surface area contributed by atoms with Gasteiger partial charge in [0, 0.05) is 11.1 Å². The number of halogens is 3. The molecule has 0 unspecified atom stereocenters. The summed E-state index contributed by atoms with van der Waals surface area (Å²) in [7, 11) is 0. The molecule has 0 fully saturated rings. The normalized spacial score (nSPS) is 11.8. The third kappa shape index (κ3) is 1.95. The van der Waals surface area contributed by atoms with Crippen LogP contribution in [0.1, 0.15) is 11.3 Å². The number of fused-ring (bicyclic) bond motifs is 1. The SMILES string of the molecule is Cc1cc(NC=O)cc2c(C(F)(F)F)[nH]nc12. The van der Waals surface area contributed by atoms with Crippen LogP contribution >= 0.6 is 0 Å². The van der Waals surface area contributed by atoms with Crippen molar-refractivity contribution in [2.45, 2.75) is 13.1 Å². The highest BCUT2D eigenvalue weighted by Gasteiger charge is 2.35. The molecule has 0 saturated heterocycles. The van der Waals surface area contributed by atoms with Crippen LogP contribution in [0.2, 0.25) is 0 Å². The van der Waals surface area contributed by atoms with Gasteiger partial charge in [-0.3, -0.25) is 9.89 Å². The minimum Gasteiger partial charge on any atom is -0.329 e. The third-order valence-electron chi connectivity index (χ3n) is 2.36. The van der Waals surface area contributed by atoms with Crippen molar-refractivity contribution in [3.63, 3.8) is 0 Å². The van der Waals surface area contributed by atoms with Crippen molar-refractivity contribution < 1.29 is 18.0 Å². The number of nitrogens with one attached hydrogen (secondary N) is 2. The number of carbonyl (C=O) groups excluding carboxylic acids is 1. The molecule has 0 aliphatic rings. The molecule has 0 aliphatic heterocycles. The van der Waals surface area contributed by atoms with Crippen molar-refractivity contribution in [1.82, 2.24) is 10.2 Å². The molecule has 1 aromatic carbocycles. The predicted octanol–water partition coefficient (Wildman–Crippen LogP) is 2.46. The first-order valence-electron chi connectivity index (χ1n) is 4.69. The number of aryl methyl sites for hydroxylation is 1. The summed E-state index contributed by atoms with van der Waals surface area (Å²) < 4.78 is 37.9. The molecule has 17 heavy (non-hydrogen) atoms. The van der Waals surface area contributed by atoms with Gasteiger partial charge in [0.1, 0.15) is 5.69 Å². The lowest BCUT2D eigenvalue weighted by Crippen LogP contribution is -2.06. The second-order valence-electron chi connectivity index (χ2n) is 3.55. The predicted molar refractivity (Wildman–Crippen MR) is 55.5 cm³/mol. The molecule has 90 valence electrons. The largest absolute Gasteiger partial charge is 0.433 e. The molecular weight excluding hydrogens is 235 g/mol. The summed E-state index contributed by atoms with van der Waals surface area (Å²) in [5, 5.41) is 7.86. The van der Waals surface area contributed by atoms with Gasteiger partial charge in [0.15, 0.2) is 0 Å². The molecule has 0 bridgehead atoms. The van der Waals surface area contributed by atoms with Crippen LogP contribution in [-0.2, 0) is 11.0 Å². The van der Waals surface area contributed by atoms with Gasteiger partial charge in [-0.2, -0.15) is 18.3 Å². The number of H-pyrrole nitrogens is 1. The maximum atomic E-state index is 12.6. The number of anilines is 1. The van der Waals surface area contributed by atoms with Gasteiger partial charge in [-0.25, -0.2) is 0 Å². The Morgan fingerprint density at radius 1 is 1.41 bits per heavy atom. The number of hydrogen-bond acceptors (Lipinski definition) is 2. The summed E-state index contributed by atoms with van der Waals surface area (Å²) in [6.45, 7) is 1.62. The van der Waals surface area contributed by atoms with Gasteiger partial charge in [0.05, 0.1) is 5.52 Å². The lowest BCUT2D eigenvalue weighted by molar-refractivity contribution is -0.139. The quantitative estimate of drug-likeness (QED) is 0.796. The number of amides is 1. The fourth-order valence-corrected chi connectivity index (χ4v) is 1.66. The van der Waals surface area contributed by atoms with Gasteiger partial charge >= 0.3 is 6.18 Å². The smallest absolute Gasteiger partial charge is 0.329 e. The molecule has 0 saturated carbocycles. The van der Waals surface area contributed by atoms with Gasteiger partial charge in [-0.15, -0.1) is 0 Å². The highest BCUT2D eigenvalue weighted by molar-refractivity contribution is 5.90. The summed E-state index contributed by atoms with van der Waals surface area (Å²) >= 11 is 0. The van der Waals surface area contributed by atoms with Crippen LogP contribution in [0.15, 0.2) is 12.1 Å². The van der Waals surface area contributed by atoms with E-state index in [-0.39, 0.29) is 10.9 Å². The molecule has 2 rings (SSSR count). The first kappa shape index (κ1) is 11.4. The number of aromatic amines is 1. The second-order valence-corrected chi connectivity index (χ2v) is 3.55. The molecule has 0 atom stereocenters. The zero-order chi connectivity index (χ0) is 12.6. The Morgan fingerprint density at radius 2 is 2.12 bits per heavy atom. The number of alkyl halides is 3. The third-order valence-corrected chi connectivity index (χ3v) is 2.36. The van der Waals surface area contributed by atoms with Crippen LogP contribution in [0, 0.1) is 6.92 Å². The first-order valence-corrected chi connectivity index (χ1v) is 4.69. The van der Waals surface area contributed by atoms with E-state index in [1.807, 2.05) is 5.10 Å². The van der Waals surface area contributed by atoms with E-state index in [9.17, 15) is 18.0 Å². The van der Waals surface area contributed by atoms with Crippen molar-refractivity contribution in [3.8, 4) is 0 Å². The minimum atomic E-state index is -4.50. The van der Waals surface area contributed by atoms with Gasteiger partial charge in [-0.05, 0) is 24.6 Å². The second kappa shape index (κ2) is 3.76. The Bertz CT molecular complexity index is 574. The lowest BCUT2D eigenvalue weighted by Gasteiger charge is -2.05. The first-order chi connectivity index (χ1) is 7.93. The van der Waals surface area contributed by atoms with Crippen LogP contribution in [0.5, 0.6) is 0 Å². The average molecular weight is 243 g/mol. The molecule has 1 amide bonds. The summed E-state index contributed by atoms with van der Waals surface area (Å²) in [5.41, 5.74) is 0.189. The summed E-state index contributed by atoms with van der Waals surface area (Å²) in [6.07, 6.45) is -4.09. The molecule has 0 radical (unpaired) electrons. The van der Waals surface area contributed by atoms with Gasteiger partial charge in [0.2, 0.25) is 6.41 Å². The standard InChI is InChI=1S/C10H8F3N3O/c1-5-2-6(14-4-17)3-7-8(5)15-16-9(7)10(11,12)13/h2-4H,1H3,(H,14,17)(H,15,16). The number of nitrogens with zero attached hydrogens (tertiary/aromatic N) is 1. The topological polar surface area (TPSA) is 57.8 Å². The molecule has 4 nitrogen and oxygen atoms in total. The zero-order valence-corrected chi connectivity index (χ0v) is 8.72. The van der Waals surface area contributed by atoms with Crippen molar-refractivity contribution in [2.75, 3.05) is 5.32 Å². The molecular formula is C10H8F3N3O. The molecule has 0 aliphatic carbocycles. The maximum Gasteiger partial charge on any atom is 0.433 e. The Hall–Kier alpha value is -2.05. The van der Waals surface area contributed by atoms with E-state index < -0.39 is 11.9 Å². The highest BCUT2D eigenvalue weighted by atomic mass is 19.4. The number of hydrogen-bond donors (Lipinski definition) is 2. The van der Waals surface area contributed by atoms with E-state index in [2.05, 4.69) is 10.4 Å². The van der Waals surface area contributed by atoms with Crippen LogP contribution in [0.3, 0.4) is 0 Å². The molecule has 1 aromatic heterocycles. The van der Waals surface area contributed by atoms with Crippen LogP contribution < -0.4 is 5.32 Å². The highest BCUT2D eigenvalue weighted by Crippen LogP contribution is 2.35. The van der Waals surface area contributed by atoms with Gasteiger partial charge < -0.3 is 5.32 Å². The van der Waals surface area contributed by atoms with Crippen molar-refractivity contribution in [3.05, 3.63) is 23.4 Å². The zero-order valence-electron chi connectivity index (χ0n) is 8.72. The van der Waals surface area contributed by atoms with Gasteiger partial charge in [-0.1, -0.05) is 0 Å². The summed E-state index contributed by atoms with van der Waals surface area (Å²) in [5.74, 6) is 0. The summed E-state index contributed by atoms with van der Waals surface area (Å²) in [4.78, 5) is 10.3. The Balaban J connectivity index is 2.69. The average Bonchev–Trinajstić information content (AvgIpc) is 2.61. The number of rotatable bonds is 2. The van der Waals surface area contributed by atoms with Crippen LogP contribution in [0.4, 0.5) is 18.9 Å². The van der Waals surface area contributed by atoms with Crippen molar-refractivity contribution >= 4 is 23.0 Å². The monoisotopic (exact) mass is 243 g/mol. The van der Waals surface area contributed by atoms with Crippen LogP contribution in [0.25, 0.3) is 10.9 Å². The minimum absolute atomic E-state index is 0.0538. The molecule has 0 spiro atoms. The number of aromatic nitrogens is 2. The van der Waals surface area contributed by atoms with Gasteiger partial charge in [0.25, 0.3) is 0 Å². The number of carbonyl (C=O) groups is 1. The van der Waals surface area contributed by atoms with E-state index in [0.717, 1.165) is 0 Å². The number of benzene rings is 1. The molecule has 7 heteroatoms. The van der Waals surface area contributed by atoms with E-state index in [1.165, 1.54) is 6.07 Å². The fourth-order valence-electron chi connectivity index (χ4n) is 1.66.